The third-order valence-corrected chi connectivity index (χ3v) is 5.13. The van der Waals surface area contributed by atoms with Gasteiger partial charge in [-0.1, -0.05) is 72.6 Å². The van der Waals surface area contributed by atoms with Crippen molar-refractivity contribution in [2.24, 2.45) is 0 Å². The molecule has 0 fully saturated rings. The summed E-state index contributed by atoms with van der Waals surface area (Å²) in [4.78, 5) is 12.4. The van der Waals surface area contributed by atoms with Crippen LogP contribution in [0.1, 0.15) is 42.5 Å². The number of carbonyl (C=O) groups is 1. The van der Waals surface area contributed by atoms with Crippen molar-refractivity contribution < 1.29 is 9.21 Å². The summed E-state index contributed by atoms with van der Waals surface area (Å²) in [6.07, 6.45) is 1.90. The number of rotatable bonds is 8. The van der Waals surface area contributed by atoms with E-state index in [9.17, 15) is 4.79 Å². The molecular weight excluding hydrogens is 370 g/mol. The number of aryl methyl sites for hydroxylation is 2. The van der Waals surface area contributed by atoms with Crippen LogP contribution in [-0.2, 0) is 4.79 Å². The third kappa shape index (κ3) is 5.45. The van der Waals surface area contributed by atoms with Gasteiger partial charge in [0.25, 0.3) is 5.22 Å². The summed E-state index contributed by atoms with van der Waals surface area (Å²) in [5.41, 5.74) is 4.31. The smallest absolute Gasteiger partial charge is 0.277 e. The molecule has 6 heteroatoms. The lowest BCUT2D eigenvalue weighted by Gasteiger charge is -2.18. The SMILES string of the molecule is CCC[C@@H](NC(=O)CSc1nnc(-c2cc(C)cc(C)c2)o1)c1ccccc1. The number of hydrogen-bond acceptors (Lipinski definition) is 5. The second-order valence-corrected chi connectivity index (χ2v) is 7.78. The molecule has 0 unspecified atom stereocenters. The Morgan fingerprint density at radius 3 is 2.50 bits per heavy atom. The number of amides is 1. The monoisotopic (exact) mass is 395 g/mol. The first kappa shape index (κ1) is 20.1. The van der Waals surface area contributed by atoms with Crippen LogP contribution in [-0.4, -0.2) is 21.9 Å². The maximum absolute atomic E-state index is 12.4. The van der Waals surface area contributed by atoms with Gasteiger partial charge in [0.15, 0.2) is 0 Å². The second kappa shape index (κ2) is 9.55. The molecule has 0 saturated heterocycles. The maximum atomic E-state index is 12.4. The molecule has 0 bridgehead atoms. The van der Waals surface area contributed by atoms with Gasteiger partial charge >= 0.3 is 0 Å². The number of nitrogens with one attached hydrogen (secondary N) is 1. The highest BCUT2D eigenvalue weighted by Gasteiger charge is 2.16. The van der Waals surface area contributed by atoms with Gasteiger partial charge in [-0.15, -0.1) is 10.2 Å². The van der Waals surface area contributed by atoms with E-state index in [-0.39, 0.29) is 17.7 Å². The highest BCUT2D eigenvalue weighted by molar-refractivity contribution is 7.99. The second-order valence-electron chi connectivity index (χ2n) is 6.86. The summed E-state index contributed by atoms with van der Waals surface area (Å²) < 4.78 is 5.73. The van der Waals surface area contributed by atoms with Gasteiger partial charge < -0.3 is 9.73 Å². The summed E-state index contributed by atoms with van der Waals surface area (Å²) in [6, 6.07) is 16.2. The fourth-order valence-corrected chi connectivity index (χ4v) is 3.72. The summed E-state index contributed by atoms with van der Waals surface area (Å²) in [5.74, 6) is 0.669. The summed E-state index contributed by atoms with van der Waals surface area (Å²) in [7, 11) is 0. The van der Waals surface area contributed by atoms with Crippen molar-refractivity contribution in [2.75, 3.05) is 5.75 Å². The van der Waals surface area contributed by atoms with E-state index in [1.807, 2.05) is 56.3 Å². The van der Waals surface area contributed by atoms with Gasteiger partial charge in [-0.05, 0) is 38.0 Å². The first-order valence-corrected chi connectivity index (χ1v) is 10.4. The average Bonchev–Trinajstić information content (AvgIpc) is 3.15. The molecule has 1 heterocycles. The van der Waals surface area contributed by atoms with Gasteiger partial charge in [-0.2, -0.15) is 0 Å². The first-order chi connectivity index (χ1) is 13.5. The Bertz CT molecular complexity index is 904. The number of nitrogens with zero attached hydrogens (tertiary/aromatic N) is 2. The molecule has 3 aromatic rings. The summed E-state index contributed by atoms with van der Waals surface area (Å²) in [6.45, 7) is 6.18. The molecule has 146 valence electrons. The Morgan fingerprint density at radius 1 is 1.11 bits per heavy atom. The maximum Gasteiger partial charge on any atom is 0.277 e. The van der Waals surface area contributed by atoms with Crippen molar-refractivity contribution in [1.29, 1.82) is 0 Å². The minimum Gasteiger partial charge on any atom is -0.411 e. The van der Waals surface area contributed by atoms with E-state index in [0.29, 0.717) is 11.1 Å². The van der Waals surface area contributed by atoms with E-state index >= 15 is 0 Å². The zero-order valence-corrected chi connectivity index (χ0v) is 17.3. The lowest BCUT2D eigenvalue weighted by Crippen LogP contribution is -2.29. The van der Waals surface area contributed by atoms with Crippen LogP contribution in [0.3, 0.4) is 0 Å². The van der Waals surface area contributed by atoms with Gasteiger partial charge in [0.2, 0.25) is 11.8 Å². The zero-order chi connectivity index (χ0) is 19.9. The van der Waals surface area contributed by atoms with Crippen molar-refractivity contribution in [3.63, 3.8) is 0 Å². The normalized spacial score (nSPS) is 12.0. The quantitative estimate of drug-likeness (QED) is 0.537. The van der Waals surface area contributed by atoms with E-state index < -0.39 is 0 Å². The molecule has 0 saturated carbocycles. The molecule has 0 aliphatic carbocycles. The fraction of sp³-hybridized carbons (Fsp3) is 0.318. The zero-order valence-electron chi connectivity index (χ0n) is 16.4. The van der Waals surface area contributed by atoms with E-state index in [0.717, 1.165) is 35.1 Å². The van der Waals surface area contributed by atoms with Crippen molar-refractivity contribution in [1.82, 2.24) is 15.5 Å². The third-order valence-electron chi connectivity index (χ3n) is 4.32. The van der Waals surface area contributed by atoms with Crippen LogP contribution < -0.4 is 5.32 Å². The topological polar surface area (TPSA) is 68.0 Å². The minimum absolute atomic E-state index is 0.0211. The van der Waals surface area contributed by atoms with Crippen LogP contribution in [0.25, 0.3) is 11.5 Å². The molecule has 0 aliphatic heterocycles. The molecule has 1 N–H and O–H groups in total. The van der Waals surface area contributed by atoms with Crippen LogP contribution in [0, 0.1) is 13.8 Å². The fourth-order valence-electron chi connectivity index (χ4n) is 3.14. The van der Waals surface area contributed by atoms with Gasteiger partial charge in [0.05, 0.1) is 11.8 Å². The lowest BCUT2D eigenvalue weighted by molar-refractivity contribution is -0.119. The molecule has 1 atom stereocenters. The van der Waals surface area contributed by atoms with Crippen LogP contribution in [0.5, 0.6) is 0 Å². The van der Waals surface area contributed by atoms with E-state index in [1.165, 1.54) is 11.8 Å². The predicted octanol–water partition coefficient (Wildman–Crippen LogP) is 5.10. The van der Waals surface area contributed by atoms with Gasteiger partial charge in [-0.3, -0.25) is 4.79 Å². The van der Waals surface area contributed by atoms with E-state index in [2.05, 4.69) is 28.5 Å². The Morgan fingerprint density at radius 2 is 1.82 bits per heavy atom. The molecule has 1 aromatic heterocycles. The number of hydrogen-bond donors (Lipinski definition) is 1. The standard InChI is InChI=1S/C22H25N3O2S/c1-4-8-19(17-9-6-5-7-10-17)23-20(26)14-28-22-25-24-21(27-22)18-12-15(2)11-16(3)13-18/h5-7,9-13,19H,4,8,14H2,1-3H3,(H,23,26)/t19-/m1/s1. The molecule has 5 nitrogen and oxygen atoms in total. The Kier molecular flexibility index (Phi) is 6.87. The Hall–Kier alpha value is -2.60. The van der Waals surface area contributed by atoms with Crippen LogP contribution >= 0.6 is 11.8 Å². The van der Waals surface area contributed by atoms with E-state index in [1.54, 1.807) is 0 Å². The van der Waals surface area contributed by atoms with Gasteiger partial charge in [0.1, 0.15) is 0 Å². The van der Waals surface area contributed by atoms with Crippen LogP contribution in [0.2, 0.25) is 0 Å². The van der Waals surface area contributed by atoms with Crippen molar-refractivity contribution in [3.8, 4) is 11.5 Å². The highest BCUT2D eigenvalue weighted by Crippen LogP contribution is 2.25. The van der Waals surface area contributed by atoms with Crippen LogP contribution in [0.15, 0.2) is 58.2 Å². The Labute approximate surface area is 170 Å². The lowest BCUT2D eigenvalue weighted by atomic mass is 10.0. The number of thioether (sulfide) groups is 1. The first-order valence-electron chi connectivity index (χ1n) is 9.44. The number of carbonyl (C=O) groups excluding carboxylic acids is 1. The summed E-state index contributed by atoms with van der Waals surface area (Å²) >= 11 is 1.26. The molecule has 1 amide bonds. The molecule has 2 aromatic carbocycles. The summed E-state index contributed by atoms with van der Waals surface area (Å²) in [5, 5.41) is 11.7. The molecule has 28 heavy (non-hydrogen) atoms. The molecular formula is C22H25N3O2S. The number of aromatic nitrogens is 2. The van der Waals surface area contributed by atoms with Crippen molar-refractivity contribution in [2.45, 2.75) is 44.9 Å². The molecule has 0 radical (unpaired) electrons. The molecule has 3 rings (SSSR count). The van der Waals surface area contributed by atoms with Gasteiger partial charge in [-0.25, -0.2) is 0 Å². The molecule has 0 spiro atoms. The van der Waals surface area contributed by atoms with Crippen molar-refractivity contribution >= 4 is 17.7 Å². The number of benzene rings is 2. The predicted molar refractivity (Wildman–Crippen MR) is 112 cm³/mol. The van der Waals surface area contributed by atoms with Gasteiger partial charge in [0, 0.05) is 5.56 Å². The average molecular weight is 396 g/mol. The molecule has 0 aliphatic rings. The van der Waals surface area contributed by atoms with Crippen molar-refractivity contribution in [3.05, 3.63) is 65.2 Å². The highest BCUT2D eigenvalue weighted by atomic mass is 32.2. The van der Waals surface area contributed by atoms with E-state index in [4.69, 9.17) is 4.42 Å². The minimum atomic E-state index is -0.0431. The van der Waals surface area contributed by atoms with Crippen LogP contribution in [0.4, 0.5) is 0 Å². The largest absolute Gasteiger partial charge is 0.411 e. The Balaban J connectivity index is 1.59.